The predicted octanol–water partition coefficient (Wildman–Crippen LogP) is 3.32. The van der Waals surface area contributed by atoms with Crippen molar-refractivity contribution in [1.29, 1.82) is 0 Å². The fraction of sp³-hybridized carbons (Fsp3) is 0.542. The topological polar surface area (TPSA) is 74.9 Å². The lowest BCUT2D eigenvalue weighted by Crippen LogP contribution is -2.56. The minimum atomic E-state index is -0.663. The van der Waals surface area contributed by atoms with Crippen LogP contribution in [0.1, 0.15) is 49.8 Å². The number of rotatable bonds is 7. The fourth-order valence-corrected chi connectivity index (χ4v) is 5.17. The molecule has 4 rings (SSSR count). The van der Waals surface area contributed by atoms with Gasteiger partial charge in [0.25, 0.3) is 0 Å². The number of piperidine rings is 1. The normalized spacial score (nSPS) is 26.7. The monoisotopic (exact) mass is 412 g/mol. The number of furan rings is 1. The van der Waals surface area contributed by atoms with E-state index < -0.39 is 5.60 Å². The highest BCUT2D eigenvalue weighted by molar-refractivity contribution is 5.77. The Labute approximate surface area is 178 Å². The van der Waals surface area contributed by atoms with Crippen LogP contribution in [-0.4, -0.2) is 47.8 Å². The zero-order valence-electron chi connectivity index (χ0n) is 17.7. The van der Waals surface area contributed by atoms with Gasteiger partial charge in [0, 0.05) is 19.0 Å². The van der Waals surface area contributed by atoms with Gasteiger partial charge >= 0.3 is 0 Å². The molecule has 1 aliphatic carbocycles. The summed E-state index contributed by atoms with van der Waals surface area (Å²) in [5.74, 6) is 1.98. The lowest BCUT2D eigenvalue weighted by molar-refractivity contribution is -0.129. The smallest absolute Gasteiger partial charge is 0.234 e. The molecule has 2 heterocycles. The van der Waals surface area contributed by atoms with E-state index in [0.29, 0.717) is 26.1 Å². The van der Waals surface area contributed by atoms with Gasteiger partial charge in [0.1, 0.15) is 11.5 Å². The van der Waals surface area contributed by atoms with Gasteiger partial charge in [0.2, 0.25) is 5.91 Å². The molecule has 1 aromatic carbocycles. The molecule has 1 saturated carbocycles. The molecule has 1 aromatic heterocycles. The van der Waals surface area contributed by atoms with Gasteiger partial charge in [-0.15, -0.1) is 0 Å². The average Bonchev–Trinajstić information content (AvgIpc) is 3.27. The summed E-state index contributed by atoms with van der Waals surface area (Å²) in [4.78, 5) is 14.6. The second-order valence-corrected chi connectivity index (χ2v) is 8.52. The first-order valence-electron chi connectivity index (χ1n) is 11.0. The Balaban J connectivity index is 1.45. The third kappa shape index (κ3) is 4.55. The summed E-state index contributed by atoms with van der Waals surface area (Å²) < 4.78 is 11.2. The molecule has 30 heavy (non-hydrogen) atoms. The third-order valence-corrected chi connectivity index (χ3v) is 6.64. The molecule has 1 amide bonds. The number of amides is 1. The molecule has 0 bridgehead atoms. The van der Waals surface area contributed by atoms with Crippen LogP contribution in [0, 0.1) is 5.92 Å². The maximum Gasteiger partial charge on any atom is 0.234 e. The van der Waals surface area contributed by atoms with E-state index >= 15 is 0 Å². The Morgan fingerprint density at radius 1 is 1.30 bits per heavy atom. The van der Waals surface area contributed by atoms with Crippen molar-refractivity contribution in [3.8, 4) is 5.75 Å². The van der Waals surface area contributed by atoms with Crippen LogP contribution in [0.5, 0.6) is 5.75 Å². The summed E-state index contributed by atoms with van der Waals surface area (Å²) in [6.07, 6.45) is 5.20. The molecule has 2 aliphatic rings. The molecule has 6 heteroatoms. The summed E-state index contributed by atoms with van der Waals surface area (Å²) >= 11 is 0. The molecule has 2 N–H and O–H groups in total. The number of fused-ring (bicyclic) bond motifs is 1. The van der Waals surface area contributed by atoms with Crippen molar-refractivity contribution < 1.29 is 19.1 Å². The van der Waals surface area contributed by atoms with Crippen molar-refractivity contribution in [2.24, 2.45) is 5.92 Å². The predicted molar refractivity (Wildman–Crippen MR) is 114 cm³/mol. The van der Waals surface area contributed by atoms with Crippen molar-refractivity contribution in [3.63, 3.8) is 0 Å². The highest BCUT2D eigenvalue weighted by Gasteiger charge is 2.48. The van der Waals surface area contributed by atoms with E-state index in [1.54, 1.807) is 6.26 Å². The van der Waals surface area contributed by atoms with Crippen molar-refractivity contribution >= 4 is 5.91 Å². The van der Waals surface area contributed by atoms with Crippen molar-refractivity contribution in [2.75, 3.05) is 26.2 Å². The van der Waals surface area contributed by atoms with E-state index in [-0.39, 0.29) is 17.7 Å². The van der Waals surface area contributed by atoms with Crippen LogP contribution in [0.4, 0.5) is 0 Å². The van der Waals surface area contributed by atoms with Crippen LogP contribution in [-0.2, 0) is 11.3 Å². The fourth-order valence-electron chi connectivity index (χ4n) is 5.17. The van der Waals surface area contributed by atoms with Gasteiger partial charge in [-0.25, -0.2) is 0 Å². The number of benzene rings is 1. The molecule has 1 aliphatic heterocycles. The number of nitrogens with zero attached hydrogens (tertiary/aromatic N) is 1. The Morgan fingerprint density at radius 2 is 2.17 bits per heavy atom. The highest BCUT2D eigenvalue weighted by atomic mass is 16.5. The number of hydrogen-bond donors (Lipinski definition) is 2. The minimum absolute atomic E-state index is 0.0149. The molecule has 2 fully saturated rings. The number of carbonyl (C=O) groups is 1. The minimum Gasteiger partial charge on any atom is -0.494 e. The lowest BCUT2D eigenvalue weighted by Gasteiger charge is -2.51. The molecule has 6 nitrogen and oxygen atoms in total. The van der Waals surface area contributed by atoms with Crippen molar-refractivity contribution in [1.82, 2.24) is 10.2 Å². The zero-order chi connectivity index (χ0) is 21.0. The summed E-state index contributed by atoms with van der Waals surface area (Å²) in [5.41, 5.74) is 0.523. The van der Waals surface area contributed by atoms with Gasteiger partial charge in [-0.2, -0.15) is 0 Å². The molecular weight excluding hydrogens is 380 g/mol. The number of carbonyl (C=O) groups excluding carboxylic acids is 1. The van der Waals surface area contributed by atoms with E-state index in [9.17, 15) is 9.90 Å². The maximum atomic E-state index is 12.5. The first-order valence-corrected chi connectivity index (χ1v) is 11.0. The quantitative estimate of drug-likeness (QED) is 0.730. The number of nitrogens with one attached hydrogen (secondary N) is 1. The van der Waals surface area contributed by atoms with E-state index in [1.807, 2.05) is 37.3 Å². The second-order valence-electron chi connectivity index (χ2n) is 8.52. The number of para-hydroxylation sites is 1. The summed E-state index contributed by atoms with van der Waals surface area (Å²) in [6, 6.07) is 11.9. The van der Waals surface area contributed by atoms with Gasteiger partial charge in [-0.05, 0) is 62.3 Å². The molecule has 0 unspecified atom stereocenters. The van der Waals surface area contributed by atoms with Gasteiger partial charge in [0.05, 0.1) is 31.6 Å². The first kappa shape index (κ1) is 20.9. The Bertz CT molecular complexity index is 837. The lowest BCUT2D eigenvalue weighted by atomic mass is 9.63. The molecule has 162 valence electrons. The third-order valence-electron chi connectivity index (χ3n) is 6.64. The van der Waals surface area contributed by atoms with Gasteiger partial charge in [-0.1, -0.05) is 18.2 Å². The van der Waals surface area contributed by atoms with Gasteiger partial charge < -0.3 is 19.6 Å². The maximum absolute atomic E-state index is 12.5. The Morgan fingerprint density at radius 3 is 2.97 bits per heavy atom. The van der Waals surface area contributed by atoms with Gasteiger partial charge in [-0.3, -0.25) is 9.69 Å². The van der Waals surface area contributed by atoms with Crippen LogP contribution < -0.4 is 10.1 Å². The number of hydrogen-bond acceptors (Lipinski definition) is 5. The number of likely N-dealkylation sites (tertiary alicyclic amines) is 1. The molecule has 1 saturated heterocycles. The van der Waals surface area contributed by atoms with E-state index in [0.717, 1.165) is 43.9 Å². The summed E-state index contributed by atoms with van der Waals surface area (Å²) in [7, 11) is 0. The largest absolute Gasteiger partial charge is 0.494 e. The second kappa shape index (κ2) is 9.23. The highest BCUT2D eigenvalue weighted by Crippen LogP contribution is 2.49. The Kier molecular flexibility index (Phi) is 6.44. The molecular formula is C24H32N2O4. The molecule has 0 radical (unpaired) electrons. The molecule has 2 aromatic rings. The standard InChI is InChI=1S/C24H32N2O4/c1-2-29-22-10-4-3-8-20(22)19-9-5-11-24(28)12-13-26(16-21(19)24)17-23(27)25-15-18-7-6-14-30-18/h3-4,6-8,10,14,19,21,28H,2,5,9,11-13,15-17H2,1H3,(H,25,27)/t19-,21-,24+/m0/s1. The van der Waals surface area contributed by atoms with Gasteiger partial charge in [0.15, 0.2) is 0 Å². The number of ether oxygens (including phenoxy) is 1. The van der Waals surface area contributed by atoms with Crippen LogP contribution in [0.25, 0.3) is 0 Å². The van der Waals surface area contributed by atoms with Crippen molar-refractivity contribution in [3.05, 3.63) is 54.0 Å². The van der Waals surface area contributed by atoms with Crippen LogP contribution in [0.3, 0.4) is 0 Å². The molecule has 3 atom stereocenters. The van der Waals surface area contributed by atoms with E-state index in [2.05, 4.69) is 16.3 Å². The summed E-state index contributed by atoms with van der Waals surface area (Å²) in [6.45, 7) is 4.82. The summed E-state index contributed by atoms with van der Waals surface area (Å²) in [5, 5.41) is 14.4. The van der Waals surface area contributed by atoms with Crippen LogP contribution in [0.15, 0.2) is 47.1 Å². The number of aliphatic hydroxyl groups is 1. The average molecular weight is 413 g/mol. The SMILES string of the molecule is CCOc1ccccc1[C@@H]1CCC[C@@]2(O)CCN(CC(=O)NCc3ccco3)C[C@@H]12. The first-order chi connectivity index (χ1) is 14.6. The van der Waals surface area contributed by atoms with E-state index in [4.69, 9.17) is 9.15 Å². The van der Waals surface area contributed by atoms with Crippen molar-refractivity contribution in [2.45, 2.75) is 50.7 Å². The Hall–Kier alpha value is -2.31. The zero-order valence-corrected chi connectivity index (χ0v) is 17.7. The van der Waals surface area contributed by atoms with Crippen LogP contribution in [0.2, 0.25) is 0 Å². The van der Waals surface area contributed by atoms with Crippen LogP contribution >= 0.6 is 0 Å². The van der Waals surface area contributed by atoms with E-state index in [1.165, 1.54) is 5.56 Å². The molecule has 0 spiro atoms.